The topological polar surface area (TPSA) is 68.1 Å². The first-order valence-corrected chi connectivity index (χ1v) is 11.7. The Kier molecular flexibility index (Phi) is 5.21. The lowest BCUT2D eigenvalue weighted by molar-refractivity contribution is 0.679. The van der Waals surface area contributed by atoms with Gasteiger partial charge in [-0.15, -0.1) is 0 Å². The fourth-order valence-corrected chi connectivity index (χ4v) is 5.42. The van der Waals surface area contributed by atoms with E-state index in [1.165, 1.54) is 18.1 Å². The highest BCUT2D eigenvalue weighted by Gasteiger charge is 2.25. The summed E-state index contributed by atoms with van der Waals surface area (Å²) in [5.74, 6) is 0. The van der Waals surface area contributed by atoms with Crippen LogP contribution >= 0.6 is 11.8 Å². The molecule has 0 saturated carbocycles. The number of pyridine rings is 1. The van der Waals surface area contributed by atoms with Crippen molar-refractivity contribution in [2.45, 2.75) is 33.7 Å². The molecule has 2 aromatic heterocycles. The highest BCUT2D eigenvalue weighted by Crippen LogP contribution is 2.42. The van der Waals surface area contributed by atoms with Crippen molar-refractivity contribution in [3.8, 4) is 0 Å². The standard InChI is InChI=1S/C24H18N4OS2/c1-15-5-8-18(9-6-15)31(29)24-22-23(26-14-27-24)30-20-10-7-16(2)12-19(20)21(28-22)17-4-3-11-25-13-17/h3-14H,1-2H3. The van der Waals surface area contributed by atoms with E-state index in [-0.39, 0.29) is 0 Å². The molecule has 5 nitrogen and oxygen atoms in total. The second-order valence-corrected chi connectivity index (χ2v) is 9.64. The Balaban J connectivity index is 1.74. The molecule has 152 valence electrons. The number of aryl methyl sites for hydroxylation is 2. The lowest BCUT2D eigenvalue weighted by Gasteiger charge is -2.10. The van der Waals surface area contributed by atoms with Crippen LogP contribution in [0.15, 0.2) is 98.2 Å². The van der Waals surface area contributed by atoms with Gasteiger partial charge in [0.1, 0.15) is 27.8 Å². The predicted molar refractivity (Wildman–Crippen MR) is 123 cm³/mol. The maximum Gasteiger partial charge on any atom is 0.162 e. The van der Waals surface area contributed by atoms with Crippen LogP contribution in [0.5, 0.6) is 0 Å². The van der Waals surface area contributed by atoms with Gasteiger partial charge in [-0.1, -0.05) is 41.1 Å². The van der Waals surface area contributed by atoms with Crippen LogP contribution in [0, 0.1) is 13.8 Å². The summed E-state index contributed by atoms with van der Waals surface area (Å²) in [5, 5.41) is 1.10. The average molecular weight is 443 g/mol. The van der Waals surface area contributed by atoms with E-state index in [2.05, 4.69) is 40.1 Å². The van der Waals surface area contributed by atoms with E-state index in [0.29, 0.717) is 20.6 Å². The summed E-state index contributed by atoms with van der Waals surface area (Å²) in [7, 11) is -1.48. The molecule has 2 aromatic carbocycles. The SMILES string of the molecule is Cc1ccc(S(=O)c2ncnc3c2N=C(c2cccnc2)c2cc(C)ccc2S3)cc1. The van der Waals surface area contributed by atoms with Gasteiger partial charge in [-0.05, 0) is 50.2 Å². The molecular formula is C24H18N4OS2. The van der Waals surface area contributed by atoms with Crippen LogP contribution in [-0.4, -0.2) is 24.9 Å². The van der Waals surface area contributed by atoms with Crippen molar-refractivity contribution in [2.24, 2.45) is 4.99 Å². The molecule has 1 aliphatic heterocycles. The Labute approximate surface area is 187 Å². The summed E-state index contributed by atoms with van der Waals surface area (Å²) in [6.45, 7) is 4.06. The zero-order chi connectivity index (χ0) is 21.4. The Morgan fingerprint density at radius 1 is 0.935 bits per heavy atom. The van der Waals surface area contributed by atoms with Gasteiger partial charge in [-0.3, -0.25) is 4.98 Å². The third-order valence-corrected chi connectivity index (χ3v) is 7.34. The average Bonchev–Trinajstić information content (AvgIpc) is 2.96. The van der Waals surface area contributed by atoms with Gasteiger partial charge in [0.15, 0.2) is 5.03 Å². The van der Waals surface area contributed by atoms with Gasteiger partial charge in [0.2, 0.25) is 0 Å². The van der Waals surface area contributed by atoms with E-state index >= 15 is 0 Å². The molecule has 1 atom stereocenters. The molecule has 0 radical (unpaired) electrons. The first-order valence-electron chi connectivity index (χ1n) is 9.71. The molecule has 0 saturated heterocycles. The second kappa shape index (κ2) is 8.17. The van der Waals surface area contributed by atoms with Gasteiger partial charge in [0.25, 0.3) is 0 Å². The van der Waals surface area contributed by atoms with E-state index in [1.54, 1.807) is 12.4 Å². The van der Waals surface area contributed by atoms with Gasteiger partial charge in [-0.2, -0.15) is 0 Å². The van der Waals surface area contributed by atoms with Crippen LogP contribution < -0.4 is 0 Å². The van der Waals surface area contributed by atoms with Crippen molar-refractivity contribution in [3.63, 3.8) is 0 Å². The third-order valence-electron chi connectivity index (χ3n) is 4.92. The molecular weight excluding hydrogens is 424 g/mol. The highest BCUT2D eigenvalue weighted by molar-refractivity contribution is 7.99. The van der Waals surface area contributed by atoms with E-state index in [9.17, 15) is 4.21 Å². The number of fused-ring (bicyclic) bond motifs is 2. The molecule has 5 rings (SSSR count). The molecule has 0 spiro atoms. The van der Waals surface area contributed by atoms with Crippen molar-refractivity contribution in [2.75, 3.05) is 0 Å². The monoisotopic (exact) mass is 442 g/mol. The van der Waals surface area contributed by atoms with Gasteiger partial charge in [0.05, 0.1) is 5.71 Å². The minimum atomic E-state index is -1.48. The highest BCUT2D eigenvalue weighted by atomic mass is 32.2. The molecule has 0 fully saturated rings. The lowest BCUT2D eigenvalue weighted by Crippen LogP contribution is -2.05. The molecule has 1 aliphatic rings. The van der Waals surface area contributed by atoms with Crippen LogP contribution in [-0.2, 0) is 10.8 Å². The normalized spacial score (nSPS) is 13.5. The minimum Gasteiger partial charge on any atom is -0.264 e. The molecule has 0 amide bonds. The molecule has 0 bridgehead atoms. The van der Waals surface area contributed by atoms with E-state index in [0.717, 1.165) is 32.9 Å². The summed E-state index contributed by atoms with van der Waals surface area (Å²) < 4.78 is 13.4. The zero-order valence-electron chi connectivity index (χ0n) is 16.9. The molecule has 0 aliphatic carbocycles. The fourth-order valence-electron chi connectivity index (χ4n) is 3.34. The second-order valence-electron chi connectivity index (χ2n) is 7.22. The van der Waals surface area contributed by atoms with Crippen molar-refractivity contribution in [3.05, 3.63) is 95.6 Å². The summed E-state index contributed by atoms with van der Waals surface area (Å²) in [6.07, 6.45) is 4.99. The van der Waals surface area contributed by atoms with Gasteiger partial charge < -0.3 is 0 Å². The van der Waals surface area contributed by atoms with Crippen LogP contribution in [0.1, 0.15) is 22.3 Å². The van der Waals surface area contributed by atoms with E-state index < -0.39 is 10.8 Å². The van der Waals surface area contributed by atoms with Crippen LogP contribution in [0.2, 0.25) is 0 Å². The molecule has 0 N–H and O–H groups in total. The van der Waals surface area contributed by atoms with Crippen molar-refractivity contribution in [1.29, 1.82) is 0 Å². The quantitative estimate of drug-likeness (QED) is 0.355. The van der Waals surface area contributed by atoms with Crippen molar-refractivity contribution in [1.82, 2.24) is 15.0 Å². The number of aliphatic imine (C=N–C) groups is 1. The number of rotatable bonds is 3. The predicted octanol–water partition coefficient (Wildman–Crippen LogP) is 5.29. The van der Waals surface area contributed by atoms with E-state index in [1.807, 2.05) is 43.3 Å². The third kappa shape index (κ3) is 3.82. The number of benzene rings is 2. The first kappa shape index (κ1) is 19.8. The smallest absolute Gasteiger partial charge is 0.162 e. The number of hydrogen-bond donors (Lipinski definition) is 0. The summed E-state index contributed by atoms with van der Waals surface area (Å²) >= 11 is 1.52. The van der Waals surface area contributed by atoms with Gasteiger partial charge in [0, 0.05) is 33.3 Å². The molecule has 4 aromatic rings. The maximum atomic E-state index is 13.4. The Morgan fingerprint density at radius 2 is 1.74 bits per heavy atom. The number of hydrogen-bond acceptors (Lipinski definition) is 6. The van der Waals surface area contributed by atoms with Crippen molar-refractivity contribution < 1.29 is 4.21 Å². The molecule has 7 heteroatoms. The Hall–Kier alpha value is -3.16. The van der Waals surface area contributed by atoms with Crippen LogP contribution in [0.25, 0.3) is 0 Å². The number of aromatic nitrogens is 3. The fraction of sp³-hybridized carbons (Fsp3) is 0.0833. The zero-order valence-corrected chi connectivity index (χ0v) is 18.6. The van der Waals surface area contributed by atoms with Gasteiger partial charge >= 0.3 is 0 Å². The minimum absolute atomic E-state index is 0.410. The van der Waals surface area contributed by atoms with Crippen molar-refractivity contribution >= 4 is 34.0 Å². The van der Waals surface area contributed by atoms with Crippen LogP contribution in [0.4, 0.5) is 5.69 Å². The van der Waals surface area contributed by atoms with E-state index in [4.69, 9.17) is 4.99 Å². The lowest BCUT2D eigenvalue weighted by atomic mass is 10.0. The Bertz CT molecular complexity index is 1340. The molecule has 3 heterocycles. The largest absolute Gasteiger partial charge is 0.264 e. The molecule has 31 heavy (non-hydrogen) atoms. The first-order chi connectivity index (χ1) is 15.1. The Morgan fingerprint density at radius 3 is 2.52 bits per heavy atom. The maximum absolute atomic E-state index is 13.4. The number of nitrogens with zero attached hydrogens (tertiary/aromatic N) is 4. The molecule has 1 unspecified atom stereocenters. The summed E-state index contributed by atoms with van der Waals surface area (Å²) in [5.41, 5.74) is 5.45. The van der Waals surface area contributed by atoms with Gasteiger partial charge in [-0.25, -0.2) is 19.2 Å². The summed E-state index contributed by atoms with van der Waals surface area (Å²) in [6, 6.07) is 17.8. The summed E-state index contributed by atoms with van der Waals surface area (Å²) in [4.78, 5) is 19.9. The van der Waals surface area contributed by atoms with Crippen LogP contribution in [0.3, 0.4) is 0 Å².